The Labute approximate surface area is 229 Å². The van der Waals surface area contributed by atoms with Crippen molar-refractivity contribution in [3.63, 3.8) is 0 Å². The number of likely N-dealkylation sites (tertiary alicyclic amines) is 1. The highest BCUT2D eigenvalue weighted by molar-refractivity contribution is 5.99. The molecule has 39 heavy (non-hydrogen) atoms. The number of carbonyl (C=O) groups excluding carboxylic acids is 4. The number of ether oxygens (including phenoxy) is 2. The molecule has 0 aromatic rings. The summed E-state index contributed by atoms with van der Waals surface area (Å²) in [6.45, 7) is 2.63. The van der Waals surface area contributed by atoms with Gasteiger partial charge in [0.1, 0.15) is 23.7 Å². The number of carbonyl (C=O) groups is 4. The van der Waals surface area contributed by atoms with Crippen LogP contribution in [0.4, 0.5) is 0 Å². The Hall–Kier alpha value is -2.72. The van der Waals surface area contributed by atoms with Crippen molar-refractivity contribution >= 4 is 23.7 Å². The molecule has 5 rings (SSSR count). The van der Waals surface area contributed by atoms with Crippen molar-refractivity contribution in [3.8, 4) is 0 Å². The molecule has 214 valence electrons. The second-order valence-corrected chi connectivity index (χ2v) is 11.5. The summed E-state index contributed by atoms with van der Waals surface area (Å²) in [5.41, 5.74) is -1.30. The lowest BCUT2D eigenvalue weighted by molar-refractivity contribution is -0.159. The van der Waals surface area contributed by atoms with Crippen LogP contribution >= 0.6 is 0 Å². The molecule has 0 aromatic carbocycles. The lowest BCUT2D eigenvalue weighted by atomic mass is 9.77. The number of fused-ring (bicyclic) bond motifs is 2. The lowest BCUT2D eigenvalue weighted by Crippen LogP contribution is -2.57. The maximum absolute atomic E-state index is 14.3. The SMILES string of the molecule is C[C@@H]1CNC(=O)CC/C=C\[C@H]2O[C@]34C=CCN(C5CCCCC5)C(=O)[C@H]3N(CCCCO)C(=O)[C@@H]4[C@H]2C(=O)O1. The summed E-state index contributed by atoms with van der Waals surface area (Å²) < 4.78 is 12.4. The van der Waals surface area contributed by atoms with Crippen molar-refractivity contribution in [2.24, 2.45) is 11.8 Å². The molecule has 5 aliphatic rings. The highest BCUT2D eigenvalue weighted by Gasteiger charge is 2.71. The van der Waals surface area contributed by atoms with Crippen LogP contribution in [0.15, 0.2) is 24.3 Å². The first kappa shape index (κ1) is 27.8. The van der Waals surface area contributed by atoms with E-state index in [1.807, 2.05) is 23.1 Å². The monoisotopic (exact) mass is 543 g/mol. The Morgan fingerprint density at radius 1 is 1.08 bits per heavy atom. The van der Waals surface area contributed by atoms with Gasteiger partial charge in [-0.1, -0.05) is 43.6 Å². The zero-order valence-electron chi connectivity index (χ0n) is 22.8. The van der Waals surface area contributed by atoms with Crippen molar-refractivity contribution in [1.82, 2.24) is 15.1 Å². The first-order valence-electron chi connectivity index (χ1n) is 14.6. The Balaban J connectivity index is 1.53. The van der Waals surface area contributed by atoms with Crippen LogP contribution in [0.1, 0.15) is 64.7 Å². The predicted octanol–water partition coefficient (Wildman–Crippen LogP) is 1.47. The molecule has 0 unspecified atom stereocenters. The standard InChI is InChI=1S/C29H41N3O7/c1-19-18-30-22(34)13-6-5-12-21-23(28(37)38-19)24-26(35)32(15-7-8-17-33)25-27(36)31(20-10-3-2-4-11-20)16-9-14-29(24,25)39-21/h5,9,12,14,19-21,23-25,33H,2-4,6-8,10-11,13,15-18H2,1H3,(H,30,34)/b12-5-/t19-,21-,23+,24+,25-,29+/m1/s1. The minimum absolute atomic E-state index is 0.00391. The first-order chi connectivity index (χ1) is 18.9. The lowest BCUT2D eigenvalue weighted by Gasteiger charge is -2.39. The highest BCUT2D eigenvalue weighted by atomic mass is 16.6. The van der Waals surface area contributed by atoms with Gasteiger partial charge in [0.2, 0.25) is 17.7 Å². The zero-order chi connectivity index (χ0) is 27.6. The number of unbranched alkanes of at least 4 members (excludes halogenated alkanes) is 1. The van der Waals surface area contributed by atoms with Crippen molar-refractivity contribution in [3.05, 3.63) is 24.3 Å². The zero-order valence-corrected chi connectivity index (χ0v) is 22.8. The minimum Gasteiger partial charge on any atom is -0.460 e. The van der Waals surface area contributed by atoms with Crippen LogP contribution in [-0.4, -0.2) is 94.7 Å². The summed E-state index contributed by atoms with van der Waals surface area (Å²) in [7, 11) is 0. The van der Waals surface area contributed by atoms with Gasteiger partial charge in [-0.05, 0) is 39.0 Å². The third-order valence-electron chi connectivity index (χ3n) is 8.89. The van der Waals surface area contributed by atoms with Gasteiger partial charge in [-0.15, -0.1) is 0 Å². The number of cyclic esters (lactones) is 1. The number of hydrogen-bond acceptors (Lipinski definition) is 7. The minimum atomic E-state index is -1.30. The van der Waals surface area contributed by atoms with E-state index in [1.54, 1.807) is 17.9 Å². The van der Waals surface area contributed by atoms with E-state index in [0.29, 0.717) is 32.4 Å². The van der Waals surface area contributed by atoms with E-state index in [4.69, 9.17) is 9.47 Å². The van der Waals surface area contributed by atoms with Crippen LogP contribution in [0.25, 0.3) is 0 Å². The fraction of sp³-hybridized carbons (Fsp3) is 0.724. The normalized spacial score (nSPS) is 36.7. The molecule has 0 aromatic heterocycles. The summed E-state index contributed by atoms with van der Waals surface area (Å²) in [6, 6.07) is -0.774. The second-order valence-electron chi connectivity index (χ2n) is 11.5. The fourth-order valence-electron chi connectivity index (χ4n) is 7.03. The van der Waals surface area contributed by atoms with Crippen LogP contribution in [0, 0.1) is 11.8 Å². The Morgan fingerprint density at radius 3 is 2.64 bits per heavy atom. The average Bonchev–Trinajstić information content (AvgIpc) is 3.30. The maximum atomic E-state index is 14.3. The van der Waals surface area contributed by atoms with Gasteiger partial charge in [0, 0.05) is 32.2 Å². The summed E-state index contributed by atoms with van der Waals surface area (Å²) in [4.78, 5) is 57.8. The molecule has 3 fully saturated rings. The Kier molecular flexibility index (Phi) is 8.42. The van der Waals surface area contributed by atoms with Crippen LogP contribution in [-0.2, 0) is 28.7 Å². The number of nitrogens with zero attached hydrogens (tertiary/aromatic N) is 2. The first-order valence-corrected chi connectivity index (χ1v) is 14.6. The molecular weight excluding hydrogens is 502 g/mol. The van der Waals surface area contributed by atoms with E-state index in [-0.39, 0.29) is 43.3 Å². The molecule has 0 radical (unpaired) electrons. The van der Waals surface area contributed by atoms with E-state index in [1.165, 1.54) is 0 Å². The van der Waals surface area contributed by atoms with E-state index in [2.05, 4.69) is 5.32 Å². The molecule has 6 atom stereocenters. The van der Waals surface area contributed by atoms with Crippen LogP contribution in [0.3, 0.4) is 0 Å². The topological polar surface area (TPSA) is 125 Å². The predicted molar refractivity (Wildman–Crippen MR) is 141 cm³/mol. The van der Waals surface area contributed by atoms with E-state index < -0.39 is 41.7 Å². The van der Waals surface area contributed by atoms with Crippen LogP contribution < -0.4 is 5.32 Å². The van der Waals surface area contributed by atoms with Crippen molar-refractivity contribution in [2.75, 3.05) is 26.2 Å². The molecule has 4 aliphatic heterocycles. The maximum Gasteiger partial charge on any atom is 0.313 e. The molecule has 2 saturated heterocycles. The van der Waals surface area contributed by atoms with Crippen molar-refractivity contribution < 1.29 is 33.8 Å². The summed E-state index contributed by atoms with van der Waals surface area (Å²) in [5, 5.41) is 12.2. The Bertz CT molecular complexity index is 1020. The number of allylic oxidation sites excluding steroid dienone is 1. The van der Waals surface area contributed by atoms with Gasteiger partial charge >= 0.3 is 5.97 Å². The number of hydrogen-bond donors (Lipinski definition) is 2. The van der Waals surface area contributed by atoms with Gasteiger partial charge in [-0.3, -0.25) is 19.2 Å². The summed E-state index contributed by atoms with van der Waals surface area (Å²) in [5.74, 6) is -2.94. The number of rotatable bonds is 5. The quantitative estimate of drug-likeness (QED) is 0.306. The van der Waals surface area contributed by atoms with Crippen LogP contribution in [0.2, 0.25) is 0 Å². The highest BCUT2D eigenvalue weighted by Crippen LogP contribution is 2.53. The number of nitrogens with one attached hydrogen (secondary N) is 1. The molecule has 4 heterocycles. The van der Waals surface area contributed by atoms with Gasteiger partial charge in [0.25, 0.3) is 0 Å². The van der Waals surface area contributed by atoms with Gasteiger partial charge in [-0.25, -0.2) is 0 Å². The van der Waals surface area contributed by atoms with E-state index >= 15 is 0 Å². The molecule has 3 amide bonds. The van der Waals surface area contributed by atoms with Gasteiger partial charge in [0.15, 0.2) is 0 Å². The van der Waals surface area contributed by atoms with Gasteiger partial charge in [0.05, 0.1) is 18.6 Å². The third kappa shape index (κ3) is 5.25. The molecule has 10 nitrogen and oxygen atoms in total. The third-order valence-corrected chi connectivity index (χ3v) is 8.89. The molecule has 2 N–H and O–H groups in total. The van der Waals surface area contributed by atoms with E-state index in [9.17, 15) is 24.3 Å². The van der Waals surface area contributed by atoms with Crippen LogP contribution in [0.5, 0.6) is 0 Å². The smallest absolute Gasteiger partial charge is 0.313 e. The number of esters is 1. The van der Waals surface area contributed by atoms with Crippen molar-refractivity contribution in [1.29, 1.82) is 0 Å². The van der Waals surface area contributed by atoms with E-state index in [0.717, 1.165) is 32.1 Å². The van der Waals surface area contributed by atoms with Gasteiger partial charge < -0.3 is 29.7 Å². The molecule has 1 spiro atoms. The average molecular weight is 544 g/mol. The van der Waals surface area contributed by atoms with Crippen molar-refractivity contribution in [2.45, 2.75) is 94.6 Å². The molecular formula is C29H41N3O7. The number of aliphatic hydroxyl groups excluding tert-OH is 1. The molecule has 0 bridgehead atoms. The fourth-order valence-corrected chi connectivity index (χ4v) is 7.03. The summed E-state index contributed by atoms with van der Waals surface area (Å²) >= 11 is 0. The van der Waals surface area contributed by atoms with Gasteiger partial charge in [-0.2, -0.15) is 0 Å². The molecule has 1 aliphatic carbocycles. The largest absolute Gasteiger partial charge is 0.460 e. The molecule has 10 heteroatoms. The number of amides is 3. The second kappa shape index (κ2) is 11.8. The number of aliphatic hydroxyl groups is 1. The Morgan fingerprint density at radius 2 is 1.87 bits per heavy atom. The molecule has 1 saturated carbocycles. The summed E-state index contributed by atoms with van der Waals surface area (Å²) in [6.07, 6.45) is 13.0.